The first-order valence-electron chi connectivity index (χ1n) is 9.13. The van der Waals surface area contributed by atoms with Gasteiger partial charge in [-0.1, -0.05) is 0 Å². The summed E-state index contributed by atoms with van der Waals surface area (Å²) >= 11 is 0. The topological polar surface area (TPSA) is 102 Å². The van der Waals surface area contributed by atoms with E-state index >= 15 is 0 Å². The molecule has 3 heterocycles. The third-order valence-corrected chi connectivity index (χ3v) is 6.68. The van der Waals surface area contributed by atoms with Crippen molar-refractivity contribution in [3.05, 3.63) is 30.4 Å². The SMILES string of the molecule is CCn1ccc([C@H](C)NC(=O)[C@H]2CCCN(S(=O)(=O)c3cnn(C)c3)C2)n1. The third kappa shape index (κ3) is 4.22. The van der Waals surface area contributed by atoms with E-state index in [1.54, 1.807) is 11.7 Å². The Labute approximate surface area is 159 Å². The van der Waals surface area contributed by atoms with Crippen LogP contribution in [0.4, 0.5) is 0 Å². The van der Waals surface area contributed by atoms with Gasteiger partial charge >= 0.3 is 0 Å². The summed E-state index contributed by atoms with van der Waals surface area (Å²) in [7, 11) is -1.96. The molecule has 9 nitrogen and oxygen atoms in total. The molecular weight excluding hydrogens is 368 g/mol. The second-order valence-electron chi connectivity index (χ2n) is 6.88. The van der Waals surface area contributed by atoms with Crippen LogP contribution < -0.4 is 5.32 Å². The minimum absolute atomic E-state index is 0.139. The van der Waals surface area contributed by atoms with Crippen molar-refractivity contribution in [1.29, 1.82) is 0 Å². The molecule has 1 amide bonds. The van der Waals surface area contributed by atoms with Crippen molar-refractivity contribution >= 4 is 15.9 Å². The highest BCUT2D eigenvalue weighted by atomic mass is 32.2. The Morgan fingerprint density at radius 3 is 2.85 bits per heavy atom. The molecule has 2 aromatic rings. The Morgan fingerprint density at radius 2 is 2.22 bits per heavy atom. The monoisotopic (exact) mass is 394 g/mol. The van der Waals surface area contributed by atoms with Crippen molar-refractivity contribution in [2.45, 2.75) is 44.2 Å². The minimum atomic E-state index is -3.63. The Bertz CT molecular complexity index is 903. The average molecular weight is 395 g/mol. The molecule has 0 unspecified atom stereocenters. The van der Waals surface area contributed by atoms with Gasteiger partial charge in [0.25, 0.3) is 0 Å². The number of carbonyl (C=O) groups is 1. The van der Waals surface area contributed by atoms with Crippen LogP contribution in [0.25, 0.3) is 0 Å². The van der Waals surface area contributed by atoms with Crippen LogP contribution in [0.2, 0.25) is 0 Å². The summed E-state index contributed by atoms with van der Waals surface area (Å²) in [6, 6.07) is 1.66. The van der Waals surface area contributed by atoms with E-state index in [4.69, 9.17) is 0 Å². The minimum Gasteiger partial charge on any atom is -0.348 e. The average Bonchev–Trinajstić information content (AvgIpc) is 3.31. The Kier molecular flexibility index (Phi) is 5.66. The van der Waals surface area contributed by atoms with Crippen molar-refractivity contribution in [2.75, 3.05) is 13.1 Å². The first kappa shape index (κ1) is 19.6. The van der Waals surface area contributed by atoms with Crippen LogP contribution in [0.15, 0.2) is 29.6 Å². The molecule has 2 atom stereocenters. The third-order valence-electron chi connectivity index (χ3n) is 4.86. The highest BCUT2D eigenvalue weighted by Crippen LogP contribution is 2.24. The highest BCUT2D eigenvalue weighted by Gasteiger charge is 2.34. The van der Waals surface area contributed by atoms with E-state index in [2.05, 4.69) is 15.5 Å². The number of rotatable bonds is 6. The maximum absolute atomic E-state index is 12.8. The van der Waals surface area contributed by atoms with Crippen LogP contribution in [-0.4, -0.2) is 51.3 Å². The Morgan fingerprint density at radius 1 is 1.44 bits per heavy atom. The Balaban J connectivity index is 1.65. The summed E-state index contributed by atoms with van der Waals surface area (Å²) in [5.41, 5.74) is 0.792. The first-order valence-corrected chi connectivity index (χ1v) is 10.6. The lowest BCUT2D eigenvalue weighted by molar-refractivity contribution is -0.126. The lowest BCUT2D eigenvalue weighted by Gasteiger charge is -2.31. The molecule has 0 aliphatic carbocycles. The fraction of sp³-hybridized carbons (Fsp3) is 0.588. The summed E-state index contributed by atoms with van der Waals surface area (Å²) in [5.74, 6) is -0.513. The smallest absolute Gasteiger partial charge is 0.246 e. The summed E-state index contributed by atoms with van der Waals surface area (Å²) in [6.45, 7) is 5.24. The van der Waals surface area contributed by atoms with Gasteiger partial charge in [0.1, 0.15) is 4.90 Å². The number of hydrogen-bond donors (Lipinski definition) is 1. The molecule has 0 radical (unpaired) electrons. The summed E-state index contributed by atoms with van der Waals surface area (Å²) in [5, 5.41) is 11.3. The normalized spacial score (nSPS) is 19.7. The van der Waals surface area contributed by atoms with Gasteiger partial charge in [0.2, 0.25) is 15.9 Å². The van der Waals surface area contributed by atoms with E-state index in [0.29, 0.717) is 19.4 Å². The molecule has 0 bridgehead atoms. The molecule has 2 aromatic heterocycles. The number of carbonyl (C=O) groups excluding carboxylic acids is 1. The van der Waals surface area contributed by atoms with E-state index in [1.807, 2.05) is 26.1 Å². The second-order valence-corrected chi connectivity index (χ2v) is 8.82. The molecule has 0 spiro atoms. The second kappa shape index (κ2) is 7.81. The zero-order valence-electron chi connectivity index (χ0n) is 15.9. The molecule has 3 rings (SSSR count). The van der Waals surface area contributed by atoms with Crippen LogP contribution in [0.1, 0.15) is 38.4 Å². The standard InChI is InChI=1S/C17H26N6O3S/c1-4-22-9-7-16(20-22)13(2)19-17(24)14-6-5-8-23(11-14)27(25,26)15-10-18-21(3)12-15/h7,9-10,12-14H,4-6,8,11H2,1-3H3,(H,19,24)/t13-,14-/m0/s1. The molecule has 0 aromatic carbocycles. The van der Waals surface area contributed by atoms with Gasteiger partial charge in [-0.05, 0) is 32.8 Å². The molecule has 1 N–H and O–H groups in total. The lowest BCUT2D eigenvalue weighted by Crippen LogP contribution is -2.45. The number of nitrogens with one attached hydrogen (secondary N) is 1. The first-order chi connectivity index (χ1) is 12.8. The van der Waals surface area contributed by atoms with Gasteiger partial charge in [-0.25, -0.2) is 8.42 Å². The molecular formula is C17H26N6O3S. The van der Waals surface area contributed by atoms with Gasteiger partial charge in [0.15, 0.2) is 0 Å². The van der Waals surface area contributed by atoms with Crippen LogP contribution in [0.3, 0.4) is 0 Å². The van der Waals surface area contributed by atoms with Crippen LogP contribution >= 0.6 is 0 Å². The summed E-state index contributed by atoms with van der Waals surface area (Å²) < 4.78 is 30.2. The quantitative estimate of drug-likeness (QED) is 0.785. The van der Waals surface area contributed by atoms with Crippen LogP contribution in [0.5, 0.6) is 0 Å². The number of aromatic nitrogens is 4. The number of aryl methyl sites for hydroxylation is 2. The van der Waals surface area contributed by atoms with Crippen LogP contribution in [0, 0.1) is 5.92 Å². The van der Waals surface area contributed by atoms with Crippen molar-refractivity contribution in [2.24, 2.45) is 13.0 Å². The largest absolute Gasteiger partial charge is 0.348 e. The van der Waals surface area contributed by atoms with E-state index in [0.717, 1.165) is 12.2 Å². The van der Waals surface area contributed by atoms with Gasteiger partial charge in [0.05, 0.1) is 23.9 Å². The highest BCUT2D eigenvalue weighted by molar-refractivity contribution is 7.89. The Hall–Kier alpha value is -2.20. The van der Waals surface area contributed by atoms with Gasteiger partial charge in [-0.3, -0.25) is 14.2 Å². The molecule has 1 aliphatic heterocycles. The van der Waals surface area contributed by atoms with E-state index in [9.17, 15) is 13.2 Å². The van der Waals surface area contributed by atoms with E-state index in [-0.39, 0.29) is 29.3 Å². The van der Waals surface area contributed by atoms with Gasteiger partial charge in [0, 0.05) is 39.1 Å². The van der Waals surface area contributed by atoms with Crippen molar-refractivity contribution in [3.8, 4) is 0 Å². The van der Waals surface area contributed by atoms with Gasteiger partial charge < -0.3 is 5.32 Å². The molecule has 27 heavy (non-hydrogen) atoms. The predicted molar refractivity (Wildman–Crippen MR) is 99.1 cm³/mol. The number of nitrogens with zero attached hydrogens (tertiary/aromatic N) is 5. The predicted octanol–water partition coefficient (Wildman–Crippen LogP) is 0.915. The fourth-order valence-electron chi connectivity index (χ4n) is 3.25. The number of sulfonamides is 1. The number of piperidine rings is 1. The molecule has 1 fully saturated rings. The molecule has 1 saturated heterocycles. The lowest BCUT2D eigenvalue weighted by atomic mass is 9.98. The van der Waals surface area contributed by atoms with E-state index in [1.165, 1.54) is 21.4 Å². The van der Waals surface area contributed by atoms with Crippen molar-refractivity contribution < 1.29 is 13.2 Å². The summed E-state index contributed by atoms with van der Waals surface area (Å²) in [6.07, 6.45) is 6.01. The molecule has 0 saturated carbocycles. The summed E-state index contributed by atoms with van der Waals surface area (Å²) in [4.78, 5) is 12.8. The van der Waals surface area contributed by atoms with E-state index < -0.39 is 10.0 Å². The maximum Gasteiger partial charge on any atom is 0.246 e. The zero-order chi connectivity index (χ0) is 19.6. The van der Waals surface area contributed by atoms with Crippen molar-refractivity contribution in [1.82, 2.24) is 29.2 Å². The molecule has 148 valence electrons. The van der Waals surface area contributed by atoms with Crippen LogP contribution in [-0.2, 0) is 28.4 Å². The zero-order valence-corrected chi connectivity index (χ0v) is 16.7. The number of amides is 1. The van der Waals surface area contributed by atoms with Gasteiger partial charge in [-0.15, -0.1) is 0 Å². The molecule has 1 aliphatic rings. The fourth-order valence-corrected chi connectivity index (χ4v) is 4.76. The molecule has 10 heteroatoms. The maximum atomic E-state index is 12.8. The number of hydrogen-bond acceptors (Lipinski definition) is 5. The van der Waals surface area contributed by atoms with Crippen molar-refractivity contribution in [3.63, 3.8) is 0 Å². The van der Waals surface area contributed by atoms with Gasteiger partial charge in [-0.2, -0.15) is 14.5 Å².